The summed E-state index contributed by atoms with van der Waals surface area (Å²) < 4.78 is 5.08. The second-order valence-corrected chi connectivity index (χ2v) is 4.77. The Morgan fingerprint density at radius 3 is 2.53 bits per heavy atom. The van der Waals surface area contributed by atoms with Gasteiger partial charge in [-0.25, -0.2) is 0 Å². The van der Waals surface area contributed by atoms with E-state index in [1.165, 1.54) is 0 Å². The smallest absolute Gasteiger partial charge is 0.219 e. The number of aliphatic hydroxyl groups is 4. The van der Waals surface area contributed by atoms with E-state index in [9.17, 15) is 15.3 Å². The zero-order valence-electron chi connectivity index (χ0n) is 10.3. The van der Waals surface area contributed by atoms with Crippen LogP contribution >= 0.6 is 0 Å². The van der Waals surface area contributed by atoms with Gasteiger partial charge in [0.1, 0.15) is 18.3 Å². The van der Waals surface area contributed by atoms with Gasteiger partial charge >= 0.3 is 0 Å². The summed E-state index contributed by atoms with van der Waals surface area (Å²) in [7, 11) is 0. The number of hydrogen-bond donors (Lipinski definition) is 5. The minimum Gasteiger partial charge on any atom is -0.391 e. The van der Waals surface area contributed by atoms with Crippen molar-refractivity contribution in [3.05, 3.63) is 0 Å². The van der Waals surface area contributed by atoms with Crippen LogP contribution < -0.4 is 5.32 Å². The van der Waals surface area contributed by atoms with Gasteiger partial charge in [0, 0.05) is 6.54 Å². The summed E-state index contributed by atoms with van der Waals surface area (Å²) in [6.07, 6.45) is -2.35. The molecule has 0 spiro atoms. The second-order valence-electron chi connectivity index (χ2n) is 4.77. The first-order valence-corrected chi connectivity index (χ1v) is 6.02. The molecule has 1 aliphatic rings. The Bertz CT molecular complexity index is 240. The lowest BCUT2D eigenvalue weighted by Gasteiger charge is -2.23. The molecule has 102 valence electrons. The maximum absolute atomic E-state index is 9.66. The average Bonchev–Trinajstić information content (AvgIpc) is 2.54. The summed E-state index contributed by atoms with van der Waals surface area (Å²) in [6.45, 7) is 4.54. The largest absolute Gasteiger partial charge is 0.391 e. The second kappa shape index (κ2) is 6.08. The lowest BCUT2D eigenvalue weighted by Crippen LogP contribution is -2.46. The SMILES string of the molecule is CCC(C)CNC[C@H]1O[C@@](O)(CO)[C@H](O)[C@H]1O. The molecule has 6 nitrogen and oxygen atoms in total. The molecule has 1 rings (SSSR count). The van der Waals surface area contributed by atoms with Crippen LogP contribution in [0.5, 0.6) is 0 Å². The van der Waals surface area contributed by atoms with Gasteiger partial charge in [0.2, 0.25) is 5.79 Å². The van der Waals surface area contributed by atoms with E-state index in [0.29, 0.717) is 12.5 Å². The van der Waals surface area contributed by atoms with Gasteiger partial charge < -0.3 is 30.5 Å². The third kappa shape index (κ3) is 3.37. The van der Waals surface area contributed by atoms with Crippen molar-refractivity contribution in [2.24, 2.45) is 5.92 Å². The van der Waals surface area contributed by atoms with E-state index in [1.807, 2.05) is 0 Å². The molecule has 1 saturated heterocycles. The normalized spacial score (nSPS) is 39.5. The Hall–Kier alpha value is -0.240. The Morgan fingerprint density at radius 1 is 1.41 bits per heavy atom. The highest BCUT2D eigenvalue weighted by atomic mass is 16.7. The number of ether oxygens (including phenoxy) is 1. The number of hydrogen-bond acceptors (Lipinski definition) is 6. The predicted molar refractivity (Wildman–Crippen MR) is 61.2 cm³/mol. The number of aliphatic hydroxyl groups excluding tert-OH is 3. The molecule has 0 aromatic rings. The molecule has 5 atom stereocenters. The number of rotatable bonds is 6. The fourth-order valence-electron chi connectivity index (χ4n) is 1.78. The first kappa shape index (κ1) is 14.8. The van der Waals surface area contributed by atoms with Crippen LogP contribution in [0, 0.1) is 5.92 Å². The lowest BCUT2D eigenvalue weighted by molar-refractivity contribution is -0.245. The molecule has 0 radical (unpaired) electrons. The van der Waals surface area contributed by atoms with Crippen molar-refractivity contribution < 1.29 is 25.2 Å². The Kier molecular flexibility index (Phi) is 5.30. The summed E-state index contributed by atoms with van der Waals surface area (Å²) in [5.74, 6) is -1.54. The predicted octanol–water partition coefficient (Wildman–Crippen LogP) is -1.58. The quantitative estimate of drug-likeness (QED) is 0.389. The zero-order chi connectivity index (χ0) is 13.1. The summed E-state index contributed by atoms with van der Waals surface area (Å²) in [5, 5.41) is 40.9. The maximum atomic E-state index is 9.66. The van der Waals surface area contributed by atoms with Crippen molar-refractivity contribution in [1.29, 1.82) is 0 Å². The summed E-state index contributed by atoms with van der Waals surface area (Å²) in [6, 6.07) is 0. The molecule has 5 N–H and O–H groups in total. The van der Waals surface area contributed by atoms with Crippen LogP contribution in [0.3, 0.4) is 0 Å². The monoisotopic (exact) mass is 249 g/mol. The summed E-state index contributed by atoms with van der Waals surface area (Å²) in [4.78, 5) is 0. The Balaban J connectivity index is 2.40. The fourth-order valence-corrected chi connectivity index (χ4v) is 1.78. The van der Waals surface area contributed by atoms with E-state index in [2.05, 4.69) is 19.2 Å². The van der Waals surface area contributed by atoms with Crippen molar-refractivity contribution in [2.45, 2.75) is 44.4 Å². The Labute approximate surface area is 101 Å². The molecule has 0 aliphatic carbocycles. The van der Waals surface area contributed by atoms with Crippen molar-refractivity contribution in [3.63, 3.8) is 0 Å². The molecular formula is C11H23NO5. The molecule has 1 fully saturated rings. The maximum Gasteiger partial charge on any atom is 0.219 e. The topological polar surface area (TPSA) is 102 Å². The van der Waals surface area contributed by atoms with Crippen LogP contribution in [-0.2, 0) is 4.74 Å². The van der Waals surface area contributed by atoms with Gasteiger partial charge in [-0.2, -0.15) is 0 Å². The van der Waals surface area contributed by atoms with E-state index in [-0.39, 0.29) is 0 Å². The van der Waals surface area contributed by atoms with Gasteiger partial charge in [0.15, 0.2) is 0 Å². The summed E-state index contributed by atoms with van der Waals surface area (Å²) in [5.41, 5.74) is 0. The van der Waals surface area contributed by atoms with Gasteiger partial charge in [-0.05, 0) is 12.5 Å². The molecule has 0 bridgehead atoms. The van der Waals surface area contributed by atoms with Crippen LogP contribution in [-0.4, -0.2) is 64.2 Å². The average molecular weight is 249 g/mol. The van der Waals surface area contributed by atoms with E-state index in [1.54, 1.807) is 0 Å². The molecule has 1 unspecified atom stereocenters. The van der Waals surface area contributed by atoms with E-state index in [0.717, 1.165) is 13.0 Å². The van der Waals surface area contributed by atoms with Gasteiger partial charge in [0.25, 0.3) is 0 Å². The van der Waals surface area contributed by atoms with Crippen molar-refractivity contribution in [2.75, 3.05) is 19.7 Å². The van der Waals surface area contributed by atoms with Crippen LogP contribution in [0.15, 0.2) is 0 Å². The van der Waals surface area contributed by atoms with Gasteiger partial charge in [-0.1, -0.05) is 20.3 Å². The lowest BCUT2D eigenvalue weighted by atomic mass is 10.1. The highest BCUT2D eigenvalue weighted by Gasteiger charge is 2.52. The minimum absolute atomic E-state index is 0.324. The van der Waals surface area contributed by atoms with E-state index in [4.69, 9.17) is 9.84 Å². The van der Waals surface area contributed by atoms with Crippen LogP contribution in [0.2, 0.25) is 0 Å². The summed E-state index contributed by atoms with van der Waals surface area (Å²) >= 11 is 0. The standard InChI is InChI=1S/C11H23NO5/c1-3-7(2)4-12-5-8-9(14)10(15)11(16,6-13)17-8/h7-10,12-16H,3-6H2,1-2H3/t7?,8-,9+,10-,11+/m1/s1. The molecule has 0 aromatic heterocycles. The first-order chi connectivity index (χ1) is 7.94. The zero-order valence-corrected chi connectivity index (χ0v) is 10.3. The molecular weight excluding hydrogens is 226 g/mol. The van der Waals surface area contributed by atoms with Crippen LogP contribution in [0.25, 0.3) is 0 Å². The molecule has 1 heterocycles. The highest BCUT2D eigenvalue weighted by molar-refractivity contribution is 4.95. The van der Waals surface area contributed by atoms with Crippen LogP contribution in [0.1, 0.15) is 20.3 Å². The minimum atomic E-state index is -2.05. The van der Waals surface area contributed by atoms with Gasteiger partial charge in [0.05, 0.1) is 6.61 Å². The Morgan fingerprint density at radius 2 is 2.06 bits per heavy atom. The molecule has 6 heteroatoms. The molecule has 17 heavy (non-hydrogen) atoms. The molecule has 1 aliphatic heterocycles. The van der Waals surface area contributed by atoms with Crippen LogP contribution in [0.4, 0.5) is 0 Å². The first-order valence-electron chi connectivity index (χ1n) is 6.02. The molecule has 0 amide bonds. The fraction of sp³-hybridized carbons (Fsp3) is 1.00. The van der Waals surface area contributed by atoms with Crippen molar-refractivity contribution in [1.82, 2.24) is 5.32 Å². The molecule has 0 saturated carbocycles. The van der Waals surface area contributed by atoms with E-state index < -0.39 is 30.7 Å². The molecule has 0 aromatic carbocycles. The third-order valence-electron chi connectivity index (χ3n) is 3.28. The van der Waals surface area contributed by atoms with Gasteiger partial charge in [-0.15, -0.1) is 0 Å². The van der Waals surface area contributed by atoms with Crippen molar-refractivity contribution in [3.8, 4) is 0 Å². The third-order valence-corrected chi connectivity index (χ3v) is 3.28. The van der Waals surface area contributed by atoms with Crippen molar-refractivity contribution >= 4 is 0 Å². The highest BCUT2D eigenvalue weighted by Crippen LogP contribution is 2.28. The van der Waals surface area contributed by atoms with E-state index >= 15 is 0 Å². The number of nitrogens with one attached hydrogen (secondary N) is 1. The van der Waals surface area contributed by atoms with Gasteiger partial charge in [-0.3, -0.25) is 0 Å².